The van der Waals surface area contributed by atoms with Crippen molar-refractivity contribution in [3.8, 4) is 5.75 Å². The Hall–Kier alpha value is -3.05. The first-order valence-electron chi connectivity index (χ1n) is 8.37. The maximum Gasteiger partial charge on any atom is 0.287 e. The summed E-state index contributed by atoms with van der Waals surface area (Å²) < 4.78 is 16.3. The zero-order chi connectivity index (χ0) is 18.2. The molecule has 0 saturated heterocycles. The number of ether oxygens (including phenoxy) is 2. The van der Waals surface area contributed by atoms with E-state index in [0.717, 1.165) is 16.9 Å². The van der Waals surface area contributed by atoms with Crippen LogP contribution in [-0.4, -0.2) is 13.0 Å². The van der Waals surface area contributed by atoms with Gasteiger partial charge in [-0.1, -0.05) is 48.5 Å². The number of rotatable bonds is 8. The van der Waals surface area contributed by atoms with Gasteiger partial charge in [0.1, 0.15) is 24.7 Å². The monoisotopic (exact) mass is 351 g/mol. The molecule has 1 aromatic heterocycles. The van der Waals surface area contributed by atoms with Crippen molar-refractivity contribution in [2.45, 2.75) is 19.8 Å². The SMILES string of the molecule is COCc1ccc(C(=O)NCc2ccccc2OCc2ccccc2)o1. The van der Waals surface area contributed by atoms with Crippen molar-refractivity contribution < 1.29 is 18.7 Å². The predicted octanol–water partition coefficient (Wildman–Crippen LogP) is 3.94. The van der Waals surface area contributed by atoms with Crippen LogP contribution in [0, 0.1) is 0 Å². The molecule has 134 valence electrons. The largest absolute Gasteiger partial charge is 0.489 e. The zero-order valence-corrected chi connectivity index (χ0v) is 14.6. The highest BCUT2D eigenvalue weighted by atomic mass is 16.5. The Morgan fingerprint density at radius 3 is 2.54 bits per heavy atom. The second-order valence-corrected chi connectivity index (χ2v) is 5.76. The van der Waals surface area contributed by atoms with Crippen LogP contribution in [0.15, 0.2) is 71.1 Å². The summed E-state index contributed by atoms with van der Waals surface area (Å²) in [7, 11) is 1.58. The van der Waals surface area contributed by atoms with E-state index in [4.69, 9.17) is 13.9 Å². The quantitative estimate of drug-likeness (QED) is 0.668. The molecule has 0 saturated carbocycles. The van der Waals surface area contributed by atoms with Crippen molar-refractivity contribution in [2.24, 2.45) is 0 Å². The number of nitrogens with one attached hydrogen (secondary N) is 1. The lowest BCUT2D eigenvalue weighted by Crippen LogP contribution is -2.22. The molecular weight excluding hydrogens is 330 g/mol. The summed E-state index contributed by atoms with van der Waals surface area (Å²) >= 11 is 0. The molecule has 1 N–H and O–H groups in total. The molecule has 0 aliphatic rings. The third kappa shape index (κ3) is 4.74. The lowest BCUT2D eigenvalue weighted by molar-refractivity contribution is 0.0914. The van der Waals surface area contributed by atoms with Crippen LogP contribution in [0.3, 0.4) is 0 Å². The fourth-order valence-electron chi connectivity index (χ4n) is 2.51. The molecule has 0 radical (unpaired) electrons. The first-order chi connectivity index (χ1) is 12.8. The van der Waals surface area contributed by atoms with E-state index in [9.17, 15) is 4.79 Å². The first-order valence-corrected chi connectivity index (χ1v) is 8.37. The molecule has 0 unspecified atom stereocenters. The van der Waals surface area contributed by atoms with Gasteiger partial charge in [-0.25, -0.2) is 0 Å². The Kier molecular flexibility index (Phi) is 6.06. The van der Waals surface area contributed by atoms with Crippen molar-refractivity contribution in [2.75, 3.05) is 7.11 Å². The lowest BCUT2D eigenvalue weighted by atomic mass is 10.2. The number of para-hydroxylation sites is 1. The average molecular weight is 351 g/mol. The molecule has 0 spiro atoms. The molecule has 0 bridgehead atoms. The van der Waals surface area contributed by atoms with E-state index in [1.54, 1.807) is 19.2 Å². The van der Waals surface area contributed by atoms with E-state index >= 15 is 0 Å². The van der Waals surface area contributed by atoms with Crippen molar-refractivity contribution in [1.82, 2.24) is 5.32 Å². The van der Waals surface area contributed by atoms with Gasteiger partial charge in [0.2, 0.25) is 0 Å². The zero-order valence-electron chi connectivity index (χ0n) is 14.6. The Morgan fingerprint density at radius 1 is 0.962 bits per heavy atom. The van der Waals surface area contributed by atoms with Gasteiger partial charge in [-0.15, -0.1) is 0 Å². The van der Waals surface area contributed by atoms with Gasteiger partial charge in [0.25, 0.3) is 5.91 Å². The number of benzene rings is 2. The molecule has 3 aromatic rings. The second kappa shape index (κ2) is 8.87. The van der Waals surface area contributed by atoms with Crippen LogP contribution in [0.25, 0.3) is 0 Å². The van der Waals surface area contributed by atoms with Crippen molar-refractivity contribution >= 4 is 5.91 Å². The van der Waals surface area contributed by atoms with Crippen LogP contribution in [0.2, 0.25) is 0 Å². The molecule has 0 atom stereocenters. The molecule has 3 rings (SSSR count). The van der Waals surface area contributed by atoms with Crippen LogP contribution in [-0.2, 0) is 24.5 Å². The summed E-state index contributed by atoms with van der Waals surface area (Å²) in [4.78, 5) is 12.2. The number of hydrogen-bond acceptors (Lipinski definition) is 4. The molecule has 0 aliphatic carbocycles. The molecule has 5 nitrogen and oxygen atoms in total. The van der Waals surface area contributed by atoms with Gasteiger partial charge >= 0.3 is 0 Å². The third-order valence-electron chi connectivity index (χ3n) is 3.82. The fraction of sp³-hybridized carbons (Fsp3) is 0.190. The predicted molar refractivity (Wildman–Crippen MR) is 97.8 cm³/mol. The van der Waals surface area contributed by atoms with Gasteiger partial charge in [0, 0.05) is 19.2 Å². The van der Waals surface area contributed by atoms with Crippen LogP contribution in [0.5, 0.6) is 5.75 Å². The molecule has 1 amide bonds. The minimum atomic E-state index is -0.273. The topological polar surface area (TPSA) is 60.7 Å². The summed E-state index contributed by atoms with van der Waals surface area (Å²) in [5.41, 5.74) is 1.99. The highest BCUT2D eigenvalue weighted by Crippen LogP contribution is 2.19. The van der Waals surface area contributed by atoms with Crippen LogP contribution < -0.4 is 10.1 Å². The van der Waals surface area contributed by atoms with E-state index in [1.807, 2.05) is 54.6 Å². The van der Waals surface area contributed by atoms with Gasteiger partial charge in [-0.2, -0.15) is 0 Å². The van der Waals surface area contributed by atoms with E-state index in [-0.39, 0.29) is 11.7 Å². The molecule has 2 aromatic carbocycles. The maximum atomic E-state index is 12.2. The smallest absolute Gasteiger partial charge is 0.287 e. The third-order valence-corrected chi connectivity index (χ3v) is 3.82. The van der Waals surface area contributed by atoms with E-state index in [2.05, 4.69) is 5.32 Å². The van der Waals surface area contributed by atoms with Crippen LogP contribution in [0.4, 0.5) is 0 Å². The summed E-state index contributed by atoms with van der Waals surface area (Å²) in [6.07, 6.45) is 0. The van der Waals surface area contributed by atoms with E-state index in [1.165, 1.54) is 0 Å². The average Bonchev–Trinajstić information content (AvgIpc) is 3.15. The first kappa shape index (κ1) is 17.8. The minimum Gasteiger partial charge on any atom is -0.489 e. The molecular formula is C21H21NO4. The number of carbonyl (C=O) groups is 1. The highest BCUT2D eigenvalue weighted by molar-refractivity contribution is 5.91. The summed E-state index contributed by atoms with van der Waals surface area (Å²) in [5.74, 6) is 1.35. The molecule has 26 heavy (non-hydrogen) atoms. The van der Waals surface area contributed by atoms with Crippen LogP contribution in [0.1, 0.15) is 27.4 Å². The lowest BCUT2D eigenvalue weighted by Gasteiger charge is -2.12. The summed E-state index contributed by atoms with van der Waals surface area (Å²) in [6, 6.07) is 21.0. The Labute approximate surface area is 152 Å². The molecule has 5 heteroatoms. The van der Waals surface area contributed by atoms with E-state index in [0.29, 0.717) is 25.5 Å². The number of furan rings is 1. The number of methoxy groups -OCH3 is 1. The van der Waals surface area contributed by atoms with Crippen molar-refractivity contribution in [3.05, 3.63) is 89.4 Å². The number of amides is 1. The number of hydrogen-bond donors (Lipinski definition) is 1. The highest BCUT2D eigenvalue weighted by Gasteiger charge is 2.12. The van der Waals surface area contributed by atoms with Crippen molar-refractivity contribution in [3.63, 3.8) is 0 Å². The number of carbonyl (C=O) groups excluding carboxylic acids is 1. The minimum absolute atomic E-state index is 0.264. The van der Waals surface area contributed by atoms with E-state index < -0.39 is 0 Å². The second-order valence-electron chi connectivity index (χ2n) is 5.76. The van der Waals surface area contributed by atoms with Crippen molar-refractivity contribution in [1.29, 1.82) is 0 Å². The van der Waals surface area contributed by atoms with Gasteiger partial charge in [-0.05, 0) is 23.8 Å². The Morgan fingerprint density at radius 2 is 1.73 bits per heavy atom. The van der Waals surface area contributed by atoms with Gasteiger partial charge < -0.3 is 19.2 Å². The maximum absolute atomic E-state index is 12.2. The molecule has 0 aliphatic heterocycles. The Balaban J connectivity index is 1.59. The fourth-order valence-corrected chi connectivity index (χ4v) is 2.51. The Bertz CT molecular complexity index is 842. The summed E-state index contributed by atoms with van der Waals surface area (Å²) in [6.45, 7) is 1.16. The summed E-state index contributed by atoms with van der Waals surface area (Å²) in [5, 5.41) is 2.86. The molecule has 0 fully saturated rings. The van der Waals surface area contributed by atoms with Gasteiger partial charge in [0.05, 0.1) is 0 Å². The normalized spacial score (nSPS) is 10.5. The van der Waals surface area contributed by atoms with Crippen LogP contribution >= 0.6 is 0 Å². The van der Waals surface area contributed by atoms with Gasteiger partial charge in [0.15, 0.2) is 5.76 Å². The standard InChI is InChI=1S/C21H21NO4/c1-24-15-18-11-12-20(26-18)21(23)22-13-17-9-5-6-10-19(17)25-14-16-7-3-2-4-8-16/h2-12H,13-15H2,1H3,(H,22,23). The van der Waals surface area contributed by atoms with Gasteiger partial charge in [-0.3, -0.25) is 4.79 Å². The molecule has 1 heterocycles.